The number of alkyl halides is 3. The fraction of sp³-hybridized carbons (Fsp3) is 0.611. The first-order chi connectivity index (χ1) is 13.8. The van der Waals surface area contributed by atoms with Gasteiger partial charge in [-0.1, -0.05) is 0 Å². The van der Waals surface area contributed by atoms with E-state index >= 15 is 0 Å². The minimum atomic E-state index is -4.78. The first-order valence-corrected chi connectivity index (χ1v) is 9.63. The highest BCUT2D eigenvalue weighted by atomic mass is 19.4. The fourth-order valence-corrected chi connectivity index (χ4v) is 3.71. The normalized spacial score (nSPS) is 17.8. The summed E-state index contributed by atoms with van der Waals surface area (Å²) < 4.78 is 47.2. The zero-order chi connectivity index (χ0) is 20.6. The van der Waals surface area contributed by atoms with Gasteiger partial charge in [0.1, 0.15) is 5.56 Å². The van der Waals surface area contributed by atoms with E-state index in [0.29, 0.717) is 12.5 Å². The lowest BCUT2D eigenvalue weighted by Crippen LogP contribution is -2.29. The van der Waals surface area contributed by atoms with Gasteiger partial charge in [0.15, 0.2) is 0 Å². The van der Waals surface area contributed by atoms with Gasteiger partial charge in [-0.05, 0) is 25.7 Å². The lowest BCUT2D eigenvalue weighted by Gasteiger charge is -2.18. The van der Waals surface area contributed by atoms with Crippen molar-refractivity contribution in [3.63, 3.8) is 0 Å². The van der Waals surface area contributed by atoms with E-state index in [-0.39, 0.29) is 12.3 Å². The maximum atomic E-state index is 13.1. The lowest BCUT2D eigenvalue weighted by molar-refractivity contribution is -0.138. The van der Waals surface area contributed by atoms with Crippen molar-refractivity contribution in [2.75, 3.05) is 18.5 Å². The van der Waals surface area contributed by atoms with Gasteiger partial charge >= 0.3 is 6.18 Å². The summed E-state index contributed by atoms with van der Waals surface area (Å²) in [7, 11) is 0. The summed E-state index contributed by atoms with van der Waals surface area (Å²) in [4.78, 5) is 11.5. The fourth-order valence-electron chi connectivity index (χ4n) is 3.71. The zero-order valence-electron chi connectivity index (χ0n) is 16.0. The highest BCUT2D eigenvalue weighted by molar-refractivity contribution is 5.50. The van der Waals surface area contributed by atoms with E-state index < -0.39 is 23.3 Å². The van der Waals surface area contributed by atoms with Gasteiger partial charge in [-0.25, -0.2) is 5.10 Å². The molecular formula is C18H23F3N6O2. The molecule has 11 heteroatoms. The van der Waals surface area contributed by atoms with Gasteiger partial charge in [-0.3, -0.25) is 9.48 Å². The van der Waals surface area contributed by atoms with Crippen LogP contribution in [0.2, 0.25) is 0 Å². The van der Waals surface area contributed by atoms with Crippen molar-refractivity contribution in [2.45, 2.75) is 57.6 Å². The summed E-state index contributed by atoms with van der Waals surface area (Å²) in [5.74, 6) is 0.532. The molecule has 1 aliphatic carbocycles. The molecule has 8 nitrogen and oxygen atoms in total. The molecule has 0 amide bonds. The second-order valence-electron chi connectivity index (χ2n) is 7.53. The predicted molar refractivity (Wildman–Crippen MR) is 98.5 cm³/mol. The molecule has 29 heavy (non-hydrogen) atoms. The molecule has 0 bridgehead atoms. The number of nitrogens with one attached hydrogen (secondary N) is 3. The van der Waals surface area contributed by atoms with Crippen molar-refractivity contribution in [1.29, 1.82) is 0 Å². The molecule has 3 N–H and O–H groups in total. The third-order valence-corrected chi connectivity index (χ3v) is 5.10. The Kier molecular flexibility index (Phi) is 5.34. The van der Waals surface area contributed by atoms with E-state index in [1.165, 1.54) is 11.3 Å². The van der Waals surface area contributed by atoms with Gasteiger partial charge < -0.3 is 15.4 Å². The van der Waals surface area contributed by atoms with Crippen molar-refractivity contribution in [1.82, 2.24) is 25.3 Å². The van der Waals surface area contributed by atoms with E-state index in [1.807, 2.05) is 9.78 Å². The number of H-pyrrole nitrogens is 1. The van der Waals surface area contributed by atoms with Gasteiger partial charge in [-0.15, -0.1) is 0 Å². The van der Waals surface area contributed by atoms with Crippen LogP contribution in [0.4, 0.5) is 18.9 Å². The smallest absolute Gasteiger partial charge is 0.378 e. The molecule has 0 unspecified atom stereocenters. The van der Waals surface area contributed by atoms with Crippen LogP contribution in [0.1, 0.15) is 48.2 Å². The minimum absolute atomic E-state index is 0.161. The number of nitrogens with zero attached hydrogens (tertiary/aromatic N) is 3. The van der Waals surface area contributed by atoms with Gasteiger partial charge in [-0.2, -0.15) is 23.4 Å². The third-order valence-electron chi connectivity index (χ3n) is 5.10. The largest absolute Gasteiger partial charge is 0.423 e. The van der Waals surface area contributed by atoms with Crippen LogP contribution in [0.5, 0.6) is 0 Å². The Morgan fingerprint density at radius 1 is 1.41 bits per heavy atom. The number of hydrogen-bond acceptors (Lipinski definition) is 6. The van der Waals surface area contributed by atoms with E-state index in [9.17, 15) is 18.0 Å². The molecule has 1 atom stereocenters. The first-order valence-electron chi connectivity index (χ1n) is 9.63. The van der Waals surface area contributed by atoms with Crippen LogP contribution in [-0.4, -0.2) is 39.2 Å². The molecule has 0 saturated heterocycles. The Labute approximate surface area is 164 Å². The van der Waals surface area contributed by atoms with Crippen LogP contribution >= 0.6 is 0 Å². The third kappa shape index (κ3) is 4.30. The molecule has 0 aromatic carbocycles. The Balaban J connectivity index is 1.40. The molecule has 158 valence electrons. The number of rotatable bonds is 7. The Morgan fingerprint density at radius 2 is 2.21 bits per heavy atom. The molecule has 1 saturated carbocycles. The Hall–Kier alpha value is -2.40. The Bertz CT molecular complexity index is 935. The number of ether oxygens (including phenoxy) is 1. The number of aromatic nitrogens is 4. The van der Waals surface area contributed by atoms with Crippen molar-refractivity contribution in [3.8, 4) is 0 Å². The van der Waals surface area contributed by atoms with Crippen LogP contribution in [0, 0.1) is 0 Å². The van der Waals surface area contributed by atoms with Gasteiger partial charge in [0, 0.05) is 24.7 Å². The highest BCUT2D eigenvalue weighted by Gasteiger charge is 2.37. The molecule has 0 radical (unpaired) electrons. The SMILES string of the molecule is C[C@@H](COCc1nn2c(c1C1CC1)CNCC2)Nc1cn[nH]c(=O)c1C(F)(F)F. The molecule has 2 aliphatic rings. The highest BCUT2D eigenvalue weighted by Crippen LogP contribution is 2.44. The van der Waals surface area contributed by atoms with Crippen molar-refractivity contribution >= 4 is 5.69 Å². The zero-order valence-corrected chi connectivity index (χ0v) is 16.0. The van der Waals surface area contributed by atoms with Gasteiger partial charge in [0.25, 0.3) is 5.56 Å². The second kappa shape index (κ2) is 7.79. The van der Waals surface area contributed by atoms with E-state index in [2.05, 4.69) is 20.8 Å². The van der Waals surface area contributed by atoms with Gasteiger partial charge in [0.05, 0.1) is 43.0 Å². The topological polar surface area (TPSA) is 96.9 Å². The lowest BCUT2D eigenvalue weighted by atomic mass is 10.1. The minimum Gasteiger partial charge on any atom is -0.378 e. The van der Waals surface area contributed by atoms with Crippen LogP contribution in [0.25, 0.3) is 0 Å². The molecule has 3 heterocycles. The van der Waals surface area contributed by atoms with Crippen LogP contribution in [0.3, 0.4) is 0 Å². The maximum Gasteiger partial charge on any atom is 0.423 e. The average molecular weight is 412 g/mol. The number of fused-ring (bicyclic) bond motifs is 1. The summed E-state index contributed by atoms with van der Waals surface area (Å²) >= 11 is 0. The molecular weight excluding hydrogens is 389 g/mol. The molecule has 0 spiro atoms. The summed E-state index contributed by atoms with van der Waals surface area (Å²) in [5, 5.41) is 16.0. The number of halogens is 3. The summed E-state index contributed by atoms with van der Waals surface area (Å²) in [6.45, 7) is 4.65. The summed E-state index contributed by atoms with van der Waals surface area (Å²) in [5.41, 5.74) is 0.460. The molecule has 2 aromatic rings. The molecule has 1 fully saturated rings. The number of anilines is 1. The van der Waals surface area contributed by atoms with E-state index in [1.54, 1.807) is 6.92 Å². The van der Waals surface area contributed by atoms with Crippen LogP contribution in [-0.2, 0) is 30.6 Å². The van der Waals surface area contributed by atoms with Crippen molar-refractivity contribution < 1.29 is 17.9 Å². The van der Waals surface area contributed by atoms with Crippen molar-refractivity contribution in [3.05, 3.63) is 39.1 Å². The number of aromatic amines is 1. The summed E-state index contributed by atoms with van der Waals surface area (Å²) in [6, 6.07) is -0.456. The van der Waals surface area contributed by atoms with Crippen LogP contribution < -0.4 is 16.2 Å². The Morgan fingerprint density at radius 3 is 2.93 bits per heavy atom. The van der Waals surface area contributed by atoms with E-state index in [0.717, 1.165) is 44.4 Å². The van der Waals surface area contributed by atoms with Crippen molar-refractivity contribution in [2.24, 2.45) is 0 Å². The van der Waals surface area contributed by atoms with E-state index in [4.69, 9.17) is 4.74 Å². The molecule has 2 aromatic heterocycles. The standard InChI is InChI=1S/C18H23F3N6O2/c1-10(24-12-6-23-25-17(28)16(12)18(19,20)21)8-29-9-13-15(11-2-3-11)14-7-22-4-5-27(14)26-13/h6,10-11,22H,2-5,7-9H2,1H3,(H2,24,25,28)/t10-/m0/s1. The van der Waals surface area contributed by atoms with Gasteiger partial charge in [0.2, 0.25) is 0 Å². The predicted octanol–water partition coefficient (Wildman–Crippen LogP) is 1.98. The number of hydrogen-bond donors (Lipinski definition) is 3. The monoisotopic (exact) mass is 412 g/mol. The quantitative estimate of drug-likeness (QED) is 0.644. The summed E-state index contributed by atoms with van der Waals surface area (Å²) in [6.07, 6.45) is -1.51. The first kappa shape index (κ1) is 19.9. The second-order valence-corrected chi connectivity index (χ2v) is 7.53. The average Bonchev–Trinajstić information content (AvgIpc) is 3.41. The maximum absolute atomic E-state index is 13.1. The molecule has 1 aliphatic heterocycles. The van der Waals surface area contributed by atoms with Crippen LogP contribution in [0.15, 0.2) is 11.0 Å². The molecule has 4 rings (SSSR count).